The van der Waals surface area contributed by atoms with Crippen LogP contribution in [0.4, 0.5) is 5.69 Å². The molecule has 2 N–H and O–H groups in total. The van der Waals surface area contributed by atoms with Gasteiger partial charge < -0.3 is 10.1 Å². The molecule has 1 aliphatic rings. The van der Waals surface area contributed by atoms with Crippen LogP contribution in [0, 0.1) is 0 Å². The van der Waals surface area contributed by atoms with E-state index in [9.17, 15) is 8.42 Å². The first-order valence-corrected chi connectivity index (χ1v) is 9.82. The van der Waals surface area contributed by atoms with Gasteiger partial charge in [0.2, 0.25) is 16.0 Å². The Morgan fingerprint density at radius 2 is 1.74 bits per heavy atom. The number of methoxy groups -OCH3 is 1. The quantitative estimate of drug-likeness (QED) is 0.502. The third-order valence-electron chi connectivity index (χ3n) is 3.77. The first-order chi connectivity index (χ1) is 11.0. The number of sulfonamides is 1. The molecule has 1 aliphatic carbocycles. The molecule has 0 aliphatic heterocycles. The molecule has 1 aromatic carbocycles. The van der Waals surface area contributed by atoms with Crippen LogP contribution >= 0.6 is 0 Å². The number of rotatable bonds is 4. The second-order valence-electron chi connectivity index (χ2n) is 5.85. The molecule has 0 atom stereocenters. The molecule has 0 heterocycles. The highest BCUT2D eigenvalue weighted by molar-refractivity contribution is 7.89. The predicted molar refractivity (Wildman–Crippen MR) is 93.5 cm³/mol. The van der Waals surface area contributed by atoms with Gasteiger partial charge in [0.25, 0.3) is 0 Å². The van der Waals surface area contributed by atoms with E-state index in [1.807, 2.05) is 24.3 Å². The summed E-state index contributed by atoms with van der Waals surface area (Å²) in [6.45, 7) is 0. The Morgan fingerprint density at radius 3 is 2.26 bits per heavy atom. The molecule has 6 nitrogen and oxygen atoms in total. The van der Waals surface area contributed by atoms with Crippen molar-refractivity contribution in [3.05, 3.63) is 24.3 Å². The van der Waals surface area contributed by atoms with Crippen LogP contribution in [-0.2, 0) is 10.0 Å². The fourth-order valence-electron chi connectivity index (χ4n) is 2.64. The van der Waals surface area contributed by atoms with Crippen molar-refractivity contribution in [1.82, 2.24) is 4.72 Å². The van der Waals surface area contributed by atoms with Crippen LogP contribution in [0.2, 0.25) is 0 Å². The van der Waals surface area contributed by atoms with Crippen LogP contribution in [0.5, 0.6) is 5.75 Å². The van der Waals surface area contributed by atoms with E-state index >= 15 is 0 Å². The van der Waals surface area contributed by atoms with Crippen LogP contribution in [0.1, 0.15) is 38.5 Å². The van der Waals surface area contributed by atoms with Gasteiger partial charge in [0, 0.05) is 5.69 Å². The van der Waals surface area contributed by atoms with Gasteiger partial charge in [0.15, 0.2) is 0 Å². The minimum Gasteiger partial charge on any atom is -0.497 e. The van der Waals surface area contributed by atoms with Gasteiger partial charge in [-0.05, 0) is 37.1 Å². The summed E-state index contributed by atoms with van der Waals surface area (Å²) in [5.41, 5.74) is 0.759. The van der Waals surface area contributed by atoms with Crippen LogP contribution in [0.3, 0.4) is 0 Å². The third-order valence-corrected chi connectivity index (χ3v) is 4.34. The van der Waals surface area contributed by atoms with E-state index in [4.69, 9.17) is 4.74 Å². The first kappa shape index (κ1) is 17.6. The Hall–Kier alpha value is -1.76. The molecule has 0 unspecified atom stereocenters. The lowest BCUT2D eigenvalue weighted by Gasteiger charge is -2.15. The largest absolute Gasteiger partial charge is 0.497 e. The summed E-state index contributed by atoms with van der Waals surface area (Å²) in [6.07, 6.45) is 7.87. The maximum absolute atomic E-state index is 11.6. The highest BCUT2D eigenvalue weighted by Gasteiger charge is 2.14. The second-order valence-corrected chi connectivity index (χ2v) is 7.60. The van der Waals surface area contributed by atoms with E-state index in [1.54, 1.807) is 7.11 Å². The van der Waals surface area contributed by atoms with Crippen LogP contribution < -0.4 is 14.8 Å². The van der Waals surface area contributed by atoms with Crippen LogP contribution in [0.15, 0.2) is 29.3 Å². The van der Waals surface area contributed by atoms with E-state index < -0.39 is 10.0 Å². The zero-order valence-corrected chi connectivity index (χ0v) is 14.5. The monoisotopic (exact) mass is 339 g/mol. The molecule has 1 fully saturated rings. The van der Waals surface area contributed by atoms with Crippen molar-refractivity contribution in [2.24, 2.45) is 4.99 Å². The number of hydrogen-bond acceptors (Lipinski definition) is 4. The van der Waals surface area contributed by atoms with E-state index in [2.05, 4.69) is 15.0 Å². The molecule has 0 spiro atoms. The van der Waals surface area contributed by atoms with Crippen molar-refractivity contribution in [2.75, 3.05) is 18.7 Å². The van der Waals surface area contributed by atoms with E-state index in [-0.39, 0.29) is 12.0 Å². The normalized spacial score (nSPS) is 17.4. The summed E-state index contributed by atoms with van der Waals surface area (Å²) in [5, 5.41) is 3.06. The van der Waals surface area contributed by atoms with Crippen molar-refractivity contribution in [3.63, 3.8) is 0 Å². The molecule has 7 heteroatoms. The second kappa shape index (κ2) is 8.19. The Morgan fingerprint density at radius 1 is 1.13 bits per heavy atom. The van der Waals surface area contributed by atoms with Crippen LogP contribution in [0.25, 0.3) is 0 Å². The summed E-state index contributed by atoms with van der Waals surface area (Å²) < 4.78 is 30.8. The number of nitrogens with zero attached hydrogens (tertiary/aromatic N) is 1. The Bertz CT molecular complexity index is 618. The molecule has 0 amide bonds. The van der Waals surface area contributed by atoms with Crippen molar-refractivity contribution in [1.29, 1.82) is 0 Å². The van der Waals surface area contributed by atoms with Crippen LogP contribution in [-0.4, -0.2) is 33.8 Å². The molecule has 1 saturated carbocycles. The molecule has 0 aromatic heterocycles. The summed E-state index contributed by atoms with van der Waals surface area (Å²) in [7, 11) is -1.78. The summed E-state index contributed by atoms with van der Waals surface area (Å²) in [6, 6.07) is 7.43. The highest BCUT2D eigenvalue weighted by atomic mass is 32.2. The van der Waals surface area contributed by atoms with Gasteiger partial charge in [-0.2, -0.15) is 0 Å². The Balaban J connectivity index is 2.14. The number of aliphatic imine (C=N–C) groups is 1. The van der Waals surface area contributed by atoms with Crippen molar-refractivity contribution in [2.45, 2.75) is 44.6 Å². The summed E-state index contributed by atoms with van der Waals surface area (Å²) in [4.78, 5) is 4.60. The topological polar surface area (TPSA) is 79.8 Å². The zero-order chi connectivity index (χ0) is 16.7. The standard InChI is InChI=1S/C16H25N3O3S/c1-22-15-11-9-14(10-12-15)18-16(19-23(2,20)21)17-13-7-5-3-4-6-8-13/h9-13H,3-8H2,1-2H3,(H2,17,18,19). The number of benzene rings is 1. The minimum atomic E-state index is -3.38. The number of hydrogen-bond donors (Lipinski definition) is 2. The number of ether oxygens (including phenoxy) is 1. The first-order valence-electron chi connectivity index (χ1n) is 7.93. The molecular weight excluding hydrogens is 314 g/mol. The summed E-state index contributed by atoms with van der Waals surface area (Å²) in [5.74, 6) is 1.03. The van der Waals surface area contributed by atoms with Gasteiger partial charge in [-0.25, -0.2) is 13.4 Å². The number of nitrogens with one attached hydrogen (secondary N) is 2. The third kappa shape index (κ3) is 6.48. The van der Waals surface area contributed by atoms with Crippen molar-refractivity contribution >= 4 is 21.7 Å². The minimum absolute atomic E-state index is 0.160. The maximum atomic E-state index is 11.6. The zero-order valence-electron chi connectivity index (χ0n) is 13.7. The predicted octanol–water partition coefficient (Wildman–Crippen LogP) is 2.74. The smallest absolute Gasteiger partial charge is 0.232 e. The van der Waals surface area contributed by atoms with Gasteiger partial charge in [0.05, 0.1) is 19.4 Å². The average Bonchev–Trinajstić information content (AvgIpc) is 2.75. The Kier molecular flexibility index (Phi) is 6.27. The summed E-state index contributed by atoms with van der Waals surface area (Å²) >= 11 is 0. The fourth-order valence-corrected chi connectivity index (χ4v) is 3.10. The van der Waals surface area contributed by atoms with Crippen molar-refractivity contribution in [3.8, 4) is 5.75 Å². The lowest BCUT2D eigenvalue weighted by molar-refractivity contribution is 0.415. The van der Waals surface area contributed by atoms with Gasteiger partial charge >= 0.3 is 0 Å². The molecule has 0 saturated heterocycles. The molecule has 128 valence electrons. The fraction of sp³-hybridized carbons (Fsp3) is 0.562. The molecule has 2 rings (SSSR count). The molecule has 1 aromatic rings. The van der Waals surface area contributed by atoms with Gasteiger partial charge in [-0.1, -0.05) is 25.7 Å². The van der Waals surface area contributed by atoms with Gasteiger partial charge in [-0.3, -0.25) is 4.72 Å². The van der Waals surface area contributed by atoms with Crippen molar-refractivity contribution < 1.29 is 13.2 Å². The van der Waals surface area contributed by atoms with Gasteiger partial charge in [-0.15, -0.1) is 0 Å². The van der Waals surface area contributed by atoms with E-state index in [0.29, 0.717) is 0 Å². The Labute approximate surface area is 138 Å². The molecule has 23 heavy (non-hydrogen) atoms. The van der Waals surface area contributed by atoms with E-state index in [0.717, 1.165) is 43.4 Å². The SMILES string of the molecule is COc1ccc(NC(=NC2CCCCCC2)NS(C)(=O)=O)cc1. The number of anilines is 1. The lowest BCUT2D eigenvalue weighted by atomic mass is 10.1. The average molecular weight is 339 g/mol. The van der Waals surface area contributed by atoms with E-state index in [1.165, 1.54) is 12.8 Å². The maximum Gasteiger partial charge on any atom is 0.232 e. The molecule has 0 bridgehead atoms. The number of guanidine groups is 1. The lowest BCUT2D eigenvalue weighted by Crippen LogP contribution is -2.36. The van der Waals surface area contributed by atoms with Gasteiger partial charge in [0.1, 0.15) is 5.75 Å². The molecular formula is C16H25N3O3S. The molecule has 0 radical (unpaired) electrons. The highest BCUT2D eigenvalue weighted by Crippen LogP contribution is 2.20.